The van der Waals surface area contributed by atoms with Crippen LogP contribution >= 0.6 is 11.8 Å². The van der Waals surface area contributed by atoms with Crippen molar-refractivity contribution in [2.75, 3.05) is 11.5 Å². The molecule has 0 saturated carbocycles. The molecule has 2 aliphatic rings. The molecule has 0 spiro atoms. The molecular formula is C5H12N6OS. The quantitative estimate of drug-likeness (QED) is 0.197. The van der Waals surface area contributed by atoms with E-state index in [1.165, 1.54) is 11.8 Å². The fourth-order valence-corrected chi connectivity index (χ4v) is 3.13. The second kappa shape index (κ2) is 2.28. The number of carbonyl (C=O) groups is 1. The lowest BCUT2D eigenvalue weighted by Gasteiger charge is -2.36. The molecule has 0 aromatic heterocycles. The Bertz CT molecular complexity index is 250. The number of carbonyl (C=O) groups excluding carboxylic acids is 1. The fourth-order valence-electron chi connectivity index (χ4n) is 1.63. The zero-order chi connectivity index (χ0) is 9.85. The van der Waals surface area contributed by atoms with Crippen molar-refractivity contribution in [1.82, 2.24) is 10.0 Å². The molecule has 2 rings (SSSR count). The maximum Gasteiger partial charge on any atom is 0.352 e. The van der Waals surface area contributed by atoms with Crippen LogP contribution in [-0.2, 0) is 0 Å². The number of rotatable bonds is 0. The van der Waals surface area contributed by atoms with E-state index in [0.717, 1.165) is 10.0 Å². The summed E-state index contributed by atoms with van der Waals surface area (Å²) in [4.78, 5) is 11.4. The first-order valence-corrected chi connectivity index (χ1v) is 4.88. The first-order chi connectivity index (χ1) is 5.93. The zero-order valence-electron chi connectivity index (χ0n) is 6.93. The number of thioether (sulfide) groups is 1. The standard InChI is InChI=1S/C5H12N6OS/c6-4-1-13-2-5(4,7)11(9)3(12)10(4)8/h1-2,6-9H2/t4-,5+. The smallest absolute Gasteiger partial charge is 0.304 e. The molecule has 13 heavy (non-hydrogen) atoms. The van der Waals surface area contributed by atoms with Crippen molar-refractivity contribution in [2.24, 2.45) is 23.2 Å². The number of fused-ring (bicyclic) bond motifs is 1. The van der Waals surface area contributed by atoms with Crippen molar-refractivity contribution in [3.8, 4) is 0 Å². The van der Waals surface area contributed by atoms with Gasteiger partial charge >= 0.3 is 6.03 Å². The number of nitrogens with zero attached hydrogens (tertiary/aromatic N) is 2. The fraction of sp³-hybridized carbons (Fsp3) is 0.800. The summed E-state index contributed by atoms with van der Waals surface area (Å²) in [6.45, 7) is 0. The summed E-state index contributed by atoms with van der Waals surface area (Å²) in [7, 11) is 0. The minimum atomic E-state index is -1.05. The average molecular weight is 204 g/mol. The van der Waals surface area contributed by atoms with E-state index in [-0.39, 0.29) is 0 Å². The highest BCUT2D eigenvalue weighted by Gasteiger charge is 2.65. The minimum Gasteiger partial charge on any atom is -0.304 e. The molecule has 0 radical (unpaired) electrons. The Morgan fingerprint density at radius 3 is 1.92 bits per heavy atom. The molecule has 0 aromatic carbocycles. The topological polar surface area (TPSA) is 128 Å². The highest BCUT2D eigenvalue weighted by molar-refractivity contribution is 7.99. The third-order valence-electron chi connectivity index (χ3n) is 2.67. The zero-order valence-corrected chi connectivity index (χ0v) is 7.75. The Labute approximate surface area is 79.3 Å². The van der Waals surface area contributed by atoms with Gasteiger partial charge in [0.15, 0.2) is 11.3 Å². The van der Waals surface area contributed by atoms with Gasteiger partial charge in [-0.25, -0.2) is 26.5 Å². The van der Waals surface area contributed by atoms with Crippen molar-refractivity contribution in [1.29, 1.82) is 0 Å². The van der Waals surface area contributed by atoms with Gasteiger partial charge in [0.25, 0.3) is 0 Å². The number of amides is 2. The van der Waals surface area contributed by atoms with E-state index < -0.39 is 17.4 Å². The lowest BCUT2D eigenvalue weighted by Crippen LogP contribution is -2.73. The summed E-state index contributed by atoms with van der Waals surface area (Å²) in [5.41, 5.74) is 9.77. The van der Waals surface area contributed by atoms with Crippen LogP contribution in [0, 0.1) is 0 Å². The van der Waals surface area contributed by atoms with Crippen molar-refractivity contribution in [3.63, 3.8) is 0 Å². The lowest BCUT2D eigenvalue weighted by atomic mass is 10.00. The molecule has 0 aliphatic carbocycles. The van der Waals surface area contributed by atoms with Crippen LogP contribution in [0.25, 0.3) is 0 Å². The molecule has 2 saturated heterocycles. The maximum absolute atomic E-state index is 11.4. The molecule has 2 atom stereocenters. The van der Waals surface area contributed by atoms with E-state index in [4.69, 9.17) is 23.2 Å². The molecule has 74 valence electrons. The third-order valence-corrected chi connectivity index (χ3v) is 3.95. The molecule has 2 heterocycles. The van der Waals surface area contributed by atoms with Crippen LogP contribution in [-0.4, -0.2) is 38.9 Å². The number of hydrogen-bond donors (Lipinski definition) is 4. The Hall–Kier alpha value is -0.540. The predicted molar refractivity (Wildman–Crippen MR) is 48.6 cm³/mol. The average Bonchev–Trinajstić information content (AvgIpc) is 2.46. The van der Waals surface area contributed by atoms with E-state index in [1.807, 2.05) is 0 Å². The summed E-state index contributed by atoms with van der Waals surface area (Å²) < 4.78 is 0. The van der Waals surface area contributed by atoms with Gasteiger partial charge < -0.3 is 11.5 Å². The SMILES string of the molecule is NN1C(=O)N(N)[C@@]2(N)CSC[C@@]12N. The molecule has 2 amide bonds. The first kappa shape index (κ1) is 9.03. The van der Waals surface area contributed by atoms with E-state index in [1.54, 1.807) is 0 Å². The second-order valence-electron chi connectivity index (χ2n) is 3.36. The van der Waals surface area contributed by atoms with E-state index in [2.05, 4.69) is 0 Å². The molecule has 0 aromatic rings. The van der Waals surface area contributed by atoms with Crippen molar-refractivity contribution < 1.29 is 4.79 Å². The summed E-state index contributed by atoms with van der Waals surface area (Å²) in [6.07, 6.45) is 0. The van der Waals surface area contributed by atoms with Crippen LogP contribution in [0.15, 0.2) is 0 Å². The first-order valence-electron chi connectivity index (χ1n) is 3.73. The van der Waals surface area contributed by atoms with Crippen LogP contribution in [0.4, 0.5) is 4.79 Å². The number of hydrazine groups is 2. The molecule has 8 N–H and O–H groups in total. The predicted octanol–water partition coefficient (Wildman–Crippen LogP) is -2.47. The Kier molecular flexibility index (Phi) is 1.58. The summed E-state index contributed by atoms with van der Waals surface area (Å²) in [5, 5.41) is 1.85. The largest absolute Gasteiger partial charge is 0.352 e. The maximum atomic E-state index is 11.4. The highest BCUT2D eigenvalue weighted by atomic mass is 32.2. The van der Waals surface area contributed by atoms with Gasteiger partial charge in [-0.05, 0) is 0 Å². The Morgan fingerprint density at radius 1 is 1.15 bits per heavy atom. The normalized spacial score (nSPS) is 44.5. The van der Waals surface area contributed by atoms with Crippen molar-refractivity contribution in [3.05, 3.63) is 0 Å². The van der Waals surface area contributed by atoms with Crippen LogP contribution in [0.1, 0.15) is 0 Å². The van der Waals surface area contributed by atoms with Gasteiger partial charge in [-0.3, -0.25) is 0 Å². The van der Waals surface area contributed by atoms with E-state index in [9.17, 15) is 4.79 Å². The minimum absolute atomic E-state index is 0.499. The monoisotopic (exact) mass is 204 g/mol. The van der Waals surface area contributed by atoms with Gasteiger partial charge in [0.1, 0.15) is 0 Å². The number of hydrogen-bond acceptors (Lipinski definition) is 6. The summed E-state index contributed by atoms with van der Waals surface area (Å²) in [5.74, 6) is 12.0. The molecule has 7 nitrogen and oxygen atoms in total. The molecule has 2 aliphatic heterocycles. The van der Waals surface area contributed by atoms with Crippen LogP contribution in [0.3, 0.4) is 0 Å². The van der Waals surface area contributed by atoms with Crippen LogP contribution in [0.5, 0.6) is 0 Å². The van der Waals surface area contributed by atoms with E-state index in [0.29, 0.717) is 11.5 Å². The molecular weight excluding hydrogens is 192 g/mol. The van der Waals surface area contributed by atoms with Crippen molar-refractivity contribution >= 4 is 17.8 Å². The van der Waals surface area contributed by atoms with Gasteiger partial charge in [0.05, 0.1) is 0 Å². The second-order valence-corrected chi connectivity index (χ2v) is 4.35. The van der Waals surface area contributed by atoms with Crippen molar-refractivity contribution in [2.45, 2.75) is 11.3 Å². The summed E-state index contributed by atoms with van der Waals surface area (Å²) >= 11 is 1.53. The Morgan fingerprint density at radius 2 is 1.54 bits per heavy atom. The highest BCUT2D eigenvalue weighted by Crippen LogP contribution is 2.41. The van der Waals surface area contributed by atoms with Gasteiger partial charge in [0, 0.05) is 11.5 Å². The number of urea groups is 1. The van der Waals surface area contributed by atoms with Crippen LogP contribution in [0.2, 0.25) is 0 Å². The van der Waals surface area contributed by atoms with Crippen LogP contribution < -0.4 is 23.2 Å². The lowest BCUT2D eigenvalue weighted by molar-refractivity contribution is 0.105. The molecule has 8 heteroatoms. The molecule has 2 fully saturated rings. The van der Waals surface area contributed by atoms with Gasteiger partial charge in [-0.15, -0.1) is 0 Å². The van der Waals surface area contributed by atoms with Gasteiger partial charge in [-0.1, -0.05) is 0 Å². The van der Waals surface area contributed by atoms with Gasteiger partial charge in [-0.2, -0.15) is 11.8 Å². The van der Waals surface area contributed by atoms with E-state index >= 15 is 0 Å². The third kappa shape index (κ3) is 0.771. The summed E-state index contributed by atoms with van der Waals surface area (Å²) in [6, 6.07) is -0.537. The number of nitrogens with two attached hydrogens (primary N) is 4. The van der Waals surface area contributed by atoms with Gasteiger partial charge in [0.2, 0.25) is 0 Å². The molecule has 0 bridgehead atoms. The molecule has 0 unspecified atom stereocenters. The Balaban J connectivity index is 2.48.